The lowest BCUT2D eigenvalue weighted by molar-refractivity contribution is -0.121. The number of nitrogens with one attached hydrogen (secondary N) is 1. The highest BCUT2D eigenvalue weighted by Crippen LogP contribution is 2.25. The normalized spacial score (nSPS) is 23.2. The molecule has 2 atom stereocenters. The summed E-state index contributed by atoms with van der Waals surface area (Å²) in [5, 5.41) is 2.85. The van der Waals surface area contributed by atoms with E-state index in [4.69, 9.17) is 10.5 Å². The molecule has 0 saturated heterocycles. The number of hydrogen-bond acceptors (Lipinski definition) is 3. The highest BCUT2D eigenvalue weighted by Gasteiger charge is 2.21. The Morgan fingerprint density at radius 3 is 2.78 bits per heavy atom. The number of ether oxygens (including phenoxy) is 1. The van der Waals surface area contributed by atoms with E-state index in [1.165, 1.54) is 25.7 Å². The van der Waals surface area contributed by atoms with Crippen molar-refractivity contribution in [3.8, 4) is 0 Å². The fraction of sp³-hybridized carbons (Fsp3) is 0.923. The second-order valence-electron chi connectivity index (χ2n) is 4.91. The molecule has 3 N–H and O–H groups in total. The zero-order chi connectivity index (χ0) is 12.5. The SMILES string of the molecule is CC1CCCCC1OCCNC(=O)CCCN.Cl. The summed E-state index contributed by atoms with van der Waals surface area (Å²) in [6, 6.07) is 0. The highest BCUT2D eigenvalue weighted by atomic mass is 35.5. The van der Waals surface area contributed by atoms with Crippen LogP contribution in [0, 0.1) is 5.92 Å². The van der Waals surface area contributed by atoms with Gasteiger partial charge >= 0.3 is 0 Å². The number of amides is 1. The van der Waals surface area contributed by atoms with Gasteiger partial charge in [-0.15, -0.1) is 12.4 Å². The lowest BCUT2D eigenvalue weighted by Crippen LogP contribution is -2.31. The lowest BCUT2D eigenvalue weighted by Gasteiger charge is -2.28. The molecule has 108 valence electrons. The molecular formula is C13H27ClN2O2. The standard InChI is InChI=1S/C13H26N2O2.ClH/c1-11-5-2-3-6-12(11)17-10-9-15-13(16)7-4-8-14;/h11-12H,2-10,14H2,1H3,(H,15,16);1H. The predicted octanol–water partition coefficient (Wildman–Crippen LogP) is 1.86. The Labute approximate surface area is 116 Å². The molecule has 0 radical (unpaired) electrons. The quantitative estimate of drug-likeness (QED) is 0.699. The molecule has 0 aromatic carbocycles. The summed E-state index contributed by atoms with van der Waals surface area (Å²) in [5.41, 5.74) is 5.34. The fourth-order valence-corrected chi connectivity index (χ4v) is 2.28. The van der Waals surface area contributed by atoms with E-state index in [-0.39, 0.29) is 18.3 Å². The van der Waals surface area contributed by atoms with Crippen molar-refractivity contribution in [3.05, 3.63) is 0 Å². The number of carbonyl (C=O) groups excluding carboxylic acids is 1. The predicted molar refractivity (Wildman–Crippen MR) is 75.9 cm³/mol. The van der Waals surface area contributed by atoms with Crippen LogP contribution in [0.25, 0.3) is 0 Å². The molecule has 0 heterocycles. The topological polar surface area (TPSA) is 64.3 Å². The van der Waals surface area contributed by atoms with E-state index < -0.39 is 0 Å². The third-order valence-electron chi connectivity index (χ3n) is 3.40. The summed E-state index contributed by atoms with van der Waals surface area (Å²) in [4.78, 5) is 11.3. The van der Waals surface area contributed by atoms with Gasteiger partial charge < -0.3 is 15.8 Å². The van der Waals surface area contributed by atoms with Crippen LogP contribution >= 0.6 is 12.4 Å². The maximum atomic E-state index is 11.3. The van der Waals surface area contributed by atoms with Crippen LogP contribution in [0.15, 0.2) is 0 Å². The molecule has 1 saturated carbocycles. The molecule has 1 fully saturated rings. The third-order valence-corrected chi connectivity index (χ3v) is 3.40. The minimum Gasteiger partial charge on any atom is -0.376 e. The van der Waals surface area contributed by atoms with E-state index >= 15 is 0 Å². The fourth-order valence-electron chi connectivity index (χ4n) is 2.28. The zero-order valence-corrected chi connectivity index (χ0v) is 12.1. The highest BCUT2D eigenvalue weighted by molar-refractivity contribution is 5.85. The smallest absolute Gasteiger partial charge is 0.220 e. The van der Waals surface area contributed by atoms with Gasteiger partial charge in [-0.25, -0.2) is 0 Å². The zero-order valence-electron chi connectivity index (χ0n) is 11.3. The van der Waals surface area contributed by atoms with E-state index in [1.807, 2.05) is 0 Å². The van der Waals surface area contributed by atoms with Crippen LogP contribution in [0.1, 0.15) is 45.4 Å². The van der Waals surface area contributed by atoms with E-state index in [1.54, 1.807) is 0 Å². The van der Waals surface area contributed by atoms with Crippen LogP contribution < -0.4 is 11.1 Å². The molecule has 5 heteroatoms. The minimum atomic E-state index is 0. The molecule has 1 aliphatic carbocycles. The van der Waals surface area contributed by atoms with E-state index in [9.17, 15) is 4.79 Å². The Kier molecular flexibility index (Phi) is 10.4. The summed E-state index contributed by atoms with van der Waals surface area (Å²) in [6.45, 7) is 4.07. The molecule has 1 amide bonds. The van der Waals surface area contributed by atoms with Gasteiger partial charge in [-0.1, -0.05) is 19.8 Å². The number of carbonyl (C=O) groups is 1. The summed E-state index contributed by atoms with van der Waals surface area (Å²) < 4.78 is 5.81. The largest absolute Gasteiger partial charge is 0.376 e. The van der Waals surface area contributed by atoms with Crippen molar-refractivity contribution in [2.24, 2.45) is 11.7 Å². The molecule has 2 unspecified atom stereocenters. The molecule has 4 nitrogen and oxygen atoms in total. The van der Waals surface area contributed by atoms with E-state index in [0.717, 1.165) is 6.42 Å². The number of halogens is 1. The average Bonchev–Trinajstić information content (AvgIpc) is 2.34. The van der Waals surface area contributed by atoms with Gasteiger partial charge in [-0.2, -0.15) is 0 Å². The van der Waals surface area contributed by atoms with Crippen molar-refractivity contribution in [1.29, 1.82) is 0 Å². The summed E-state index contributed by atoms with van der Waals surface area (Å²) in [7, 11) is 0. The molecular weight excluding hydrogens is 252 g/mol. The van der Waals surface area contributed by atoms with Crippen LogP contribution in [0.3, 0.4) is 0 Å². The second-order valence-corrected chi connectivity index (χ2v) is 4.91. The number of nitrogens with two attached hydrogens (primary N) is 1. The van der Waals surface area contributed by atoms with Gasteiger partial charge in [0, 0.05) is 13.0 Å². The molecule has 0 aromatic heterocycles. The molecule has 18 heavy (non-hydrogen) atoms. The third kappa shape index (κ3) is 7.19. The molecule has 0 bridgehead atoms. The summed E-state index contributed by atoms with van der Waals surface area (Å²) in [6.07, 6.45) is 6.72. The molecule has 1 aliphatic rings. The first-order chi connectivity index (χ1) is 8.24. The molecule has 1 rings (SSSR count). The van der Waals surface area contributed by atoms with Gasteiger partial charge in [0.25, 0.3) is 0 Å². The van der Waals surface area contributed by atoms with Gasteiger partial charge in [-0.3, -0.25) is 4.79 Å². The van der Waals surface area contributed by atoms with Crippen LogP contribution in [0.5, 0.6) is 0 Å². The van der Waals surface area contributed by atoms with Crippen molar-refractivity contribution >= 4 is 18.3 Å². The Bertz CT molecular complexity index is 227. The summed E-state index contributed by atoms with van der Waals surface area (Å²) in [5.74, 6) is 0.743. The average molecular weight is 279 g/mol. The van der Waals surface area contributed by atoms with Gasteiger partial charge in [0.2, 0.25) is 5.91 Å². The van der Waals surface area contributed by atoms with Crippen molar-refractivity contribution in [2.45, 2.75) is 51.6 Å². The maximum Gasteiger partial charge on any atom is 0.220 e. The van der Waals surface area contributed by atoms with Crippen LogP contribution in [-0.4, -0.2) is 31.7 Å². The first-order valence-electron chi connectivity index (χ1n) is 6.82. The molecule has 0 aliphatic heterocycles. The van der Waals surface area contributed by atoms with Crippen LogP contribution in [0.4, 0.5) is 0 Å². The van der Waals surface area contributed by atoms with Gasteiger partial charge in [0.15, 0.2) is 0 Å². The lowest BCUT2D eigenvalue weighted by atomic mass is 9.88. The Hall–Kier alpha value is -0.320. The van der Waals surface area contributed by atoms with Gasteiger partial charge in [-0.05, 0) is 31.7 Å². The monoisotopic (exact) mass is 278 g/mol. The Morgan fingerprint density at radius 1 is 1.39 bits per heavy atom. The number of hydrogen-bond donors (Lipinski definition) is 2. The van der Waals surface area contributed by atoms with E-state index in [2.05, 4.69) is 12.2 Å². The second kappa shape index (κ2) is 10.6. The van der Waals surface area contributed by atoms with Crippen LogP contribution in [-0.2, 0) is 9.53 Å². The maximum absolute atomic E-state index is 11.3. The van der Waals surface area contributed by atoms with Gasteiger partial charge in [0.05, 0.1) is 12.7 Å². The summed E-state index contributed by atoms with van der Waals surface area (Å²) >= 11 is 0. The minimum absolute atomic E-state index is 0. The molecule has 0 aromatic rings. The Balaban J connectivity index is 0.00000289. The van der Waals surface area contributed by atoms with Crippen molar-refractivity contribution in [2.75, 3.05) is 19.7 Å². The van der Waals surface area contributed by atoms with Gasteiger partial charge in [0.1, 0.15) is 0 Å². The van der Waals surface area contributed by atoms with Crippen molar-refractivity contribution < 1.29 is 9.53 Å². The van der Waals surface area contributed by atoms with Crippen LogP contribution in [0.2, 0.25) is 0 Å². The Morgan fingerprint density at radius 2 is 2.11 bits per heavy atom. The first-order valence-corrected chi connectivity index (χ1v) is 6.82. The molecule has 0 spiro atoms. The number of rotatable bonds is 7. The first kappa shape index (κ1) is 17.7. The van der Waals surface area contributed by atoms with Crippen molar-refractivity contribution in [3.63, 3.8) is 0 Å². The van der Waals surface area contributed by atoms with Crippen molar-refractivity contribution in [1.82, 2.24) is 5.32 Å². The van der Waals surface area contributed by atoms with E-state index in [0.29, 0.717) is 38.1 Å².